The molecule has 0 spiro atoms. The van der Waals surface area contributed by atoms with Gasteiger partial charge in [-0.05, 0) is 0 Å². The predicted molar refractivity (Wildman–Crippen MR) is 54.1 cm³/mol. The second-order valence-corrected chi connectivity index (χ2v) is 5.38. The molecule has 4 heteroatoms. The largest absolute Gasteiger partial charge is 1.00 e. The van der Waals surface area contributed by atoms with Crippen molar-refractivity contribution in [2.45, 2.75) is 17.1 Å². The molecule has 0 amide bonds. The van der Waals surface area contributed by atoms with E-state index in [2.05, 4.69) is 56.3 Å². The summed E-state index contributed by atoms with van der Waals surface area (Å²) in [5.74, 6) is 0. The molecule has 1 nitrogen and oxygen atoms in total. The van der Waals surface area contributed by atoms with Crippen molar-refractivity contribution in [3.8, 4) is 0 Å². The Kier molecular flexibility index (Phi) is 4.53. The second kappa shape index (κ2) is 5.14. The monoisotopic (exact) mass is 288 g/mol. The van der Waals surface area contributed by atoms with Gasteiger partial charge in [-0.2, -0.15) is 0 Å². The number of hydrogen-bond acceptors (Lipinski definition) is 0. The summed E-state index contributed by atoms with van der Waals surface area (Å²) in [6.45, 7) is 0. The fraction of sp³-hybridized carbons (Fsp3) is 0.333. The van der Waals surface area contributed by atoms with Gasteiger partial charge in [-0.1, -0.05) is 0 Å². The van der Waals surface area contributed by atoms with Gasteiger partial charge in [0.05, 0.1) is 0 Å². The first-order valence-corrected chi connectivity index (χ1v) is 5.94. The van der Waals surface area contributed by atoms with E-state index in [-0.39, 0.29) is 24.8 Å². The van der Waals surface area contributed by atoms with Gasteiger partial charge in [0.25, 0.3) is 0 Å². The molecule has 2 aromatic rings. The average molecular weight is 289 g/mol. The molecule has 1 aromatic heterocycles. The van der Waals surface area contributed by atoms with Crippen LogP contribution in [0.5, 0.6) is 0 Å². The van der Waals surface area contributed by atoms with E-state index in [1.807, 2.05) is 0 Å². The molecule has 16 heavy (non-hydrogen) atoms. The third-order valence-electron chi connectivity index (χ3n) is 3.23. The Morgan fingerprint density at radius 3 is 2.62 bits per heavy atom. The zero-order chi connectivity index (χ0) is 9.71. The molecule has 0 radical (unpaired) electrons. The number of rotatable bonds is 0. The number of nitrogens with zero attached hydrogens (tertiary/aromatic N) is 1. The number of halogens is 2. The first-order valence-electron chi connectivity index (χ1n) is 5.03. The summed E-state index contributed by atoms with van der Waals surface area (Å²) in [4.78, 5) is 0. The summed E-state index contributed by atoms with van der Waals surface area (Å²) in [6.07, 6.45) is 2.51. The van der Waals surface area contributed by atoms with Crippen molar-refractivity contribution in [2.75, 3.05) is 0 Å². The topological polar surface area (TPSA) is 4.93 Å². The molecule has 1 atom stereocenters. The molecule has 0 aliphatic heterocycles. The normalized spacial score (nSPS) is 17.8. The van der Waals surface area contributed by atoms with Crippen LogP contribution in [0.15, 0.2) is 24.3 Å². The predicted octanol–water partition coefficient (Wildman–Crippen LogP) is -3.38. The van der Waals surface area contributed by atoms with E-state index in [1.54, 1.807) is 11.3 Å². The van der Waals surface area contributed by atoms with Crippen LogP contribution in [-0.4, -0.2) is 4.57 Å². The summed E-state index contributed by atoms with van der Waals surface area (Å²) < 4.78 is 3.20. The Balaban J connectivity index is 0.000000640. The van der Waals surface area contributed by atoms with Crippen LogP contribution in [0.4, 0.5) is 0 Å². The fourth-order valence-electron chi connectivity index (χ4n) is 2.56. The van der Waals surface area contributed by atoms with Crippen LogP contribution in [0.25, 0.3) is 10.9 Å². The van der Waals surface area contributed by atoms with E-state index in [4.69, 9.17) is 0 Å². The molecule has 1 aromatic carbocycles. The molecule has 3 rings (SSSR count). The van der Waals surface area contributed by atoms with Crippen LogP contribution in [-0.2, 0) is 40.3 Å². The van der Waals surface area contributed by atoms with E-state index >= 15 is 0 Å². The van der Waals surface area contributed by atoms with Crippen molar-refractivity contribution in [1.82, 2.24) is 4.57 Å². The Hall–Kier alpha value is 0.0543. The molecule has 0 fully saturated rings. The van der Waals surface area contributed by atoms with Crippen LogP contribution in [0, 0.1) is 0 Å². The van der Waals surface area contributed by atoms with Crippen molar-refractivity contribution >= 4 is 10.9 Å². The van der Waals surface area contributed by atoms with E-state index in [0.29, 0.717) is 0 Å². The van der Waals surface area contributed by atoms with Gasteiger partial charge < -0.3 is 24.8 Å². The third-order valence-corrected chi connectivity index (χ3v) is 3.87. The molecule has 1 aliphatic carbocycles. The molecule has 1 unspecified atom stereocenters. The molecule has 0 saturated heterocycles. The van der Waals surface area contributed by atoms with E-state index in [9.17, 15) is 0 Å². The van der Waals surface area contributed by atoms with Gasteiger partial charge >= 0.3 is 95.5 Å². The quantitative estimate of drug-likeness (QED) is 0.446. The maximum absolute atomic E-state index is 2.37. The summed E-state index contributed by atoms with van der Waals surface area (Å²) in [5, 5.41) is 1.47. The van der Waals surface area contributed by atoms with Gasteiger partial charge in [0.1, 0.15) is 0 Å². The summed E-state index contributed by atoms with van der Waals surface area (Å²) in [5.41, 5.74) is 4.54. The Labute approximate surface area is 120 Å². The van der Waals surface area contributed by atoms with Crippen molar-refractivity contribution in [3.63, 3.8) is 0 Å². The minimum absolute atomic E-state index is 0. The van der Waals surface area contributed by atoms with Crippen LogP contribution >= 0.6 is 0 Å². The van der Waals surface area contributed by atoms with Gasteiger partial charge in [0.15, 0.2) is 0 Å². The smallest absolute Gasteiger partial charge is 1.00 e. The number of aromatic nitrogens is 1. The zero-order valence-corrected chi connectivity index (χ0v) is 12.1. The molecular formula is C12H12Cl2NTi. The Bertz CT molecular complexity index is 507. The first-order chi connectivity index (χ1) is 6.77. The van der Waals surface area contributed by atoms with E-state index in [1.165, 1.54) is 23.7 Å². The minimum Gasteiger partial charge on any atom is -1.00 e. The van der Waals surface area contributed by atoms with Gasteiger partial charge in [-0.15, -0.1) is 0 Å². The van der Waals surface area contributed by atoms with Crippen LogP contribution < -0.4 is 24.8 Å². The SMILES string of the molecule is Cn1c2c(c3ccccc31)C[CH]([Ti+2])C2.[Cl-].[Cl-]. The minimum atomic E-state index is 0. The third kappa shape index (κ3) is 1.95. The summed E-state index contributed by atoms with van der Waals surface area (Å²) in [7, 11) is 2.19. The number of para-hydroxylation sites is 1. The van der Waals surface area contributed by atoms with E-state index in [0.717, 1.165) is 4.22 Å². The molecule has 83 valence electrons. The van der Waals surface area contributed by atoms with Gasteiger partial charge in [0, 0.05) is 0 Å². The number of fused-ring (bicyclic) bond motifs is 3. The number of benzene rings is 1. The standard InChI is InChI=1S/C12H12N.2ClH.Ti/c1-13-11-7-3-2-5-9(11)10-6-4-8-12(10)13;;;/h2-5,7H,6,8H2,1H3;2*1H;/q;;;+2/p-2. The zero-order valence-electron chi connectivity index (χ0n) is 9.00. The van der Waals surface area contributed by atoms with E-state index < -0.39 is 0 Å². The Morgan fingerprint density at radius 2 is 1.88 bits per heavy atom. The van der Waals surface area contributed by atoms with Crippen LogP contribution in [0.3, 0.4) is 0 Å². The van der Waals surface area contributed by atoms with Gasteiger partial charge in [0.2, 0.25) is 0 Å². The van der Waals surface area contributed by atoms with Crippen molar-refractivity contribution < 1.29 is 45.2 Å². The average Bonchev–Trinajstić information content (AvgIpc) is 2.68. The molecular weight excluding hydrogens is 277 g/mol. The van der Waals surface area contributed by atoms with Gasteiger partial charge in [-0.3, -0.25) is 0 Å². The first kappa shape index (κ1) is 14.1. The van der Waals surface area contributed by atoms with Crippen molar-refractivity contribution in [2.24, 2.45) is 7.05 Å². The van der Waals surface area contributed by atoms with Crippen LogP contribution in [0.1, 0.15) is 11.3 Å². The maximum Gasteiger partial charge on any atom is -1.00 e. The molecule has 0 saturated carbocycles. The van der Waals surface area contributed by atoms with Crippen molar-refractivity contribution in [3.05, 3.63) is 35.5 Å². The maximum atomic E-state index is 2.37. The van der Waals surface area contributed by atoms with Crippen molar-refractivity contribution in [1.29, 1.82) is 0 Å². The second-order valence-electron chi connectivity index (χ2n) is 4.11. The molecule has 0 N–H and O–H groups in total. The Morgan fingerprint density at radius 1 is 1.19 bits per heavy atom. The van der Waals surface area contributed by atoms with Gasteiger partial charge in [-0.25, -0.2) is 0 Å². The molecule has 0 bridgehead atoms. The fourth-order valence-corrected chi connectivity index (χ4v) is 3.19. The number of aryl methyl sites for hydroxylation is 1. The molecule has 1 heterocycles. The number of hydrogen-bond donors (Lipinski definition) is 0. The molecule has 1 aliphatic rings. The summed E-state index contributed by atoms with van der Waals surface area (Å²) in [6, 6.07) is 8.75. The van der Waals surface area contributed by atoms with Crippen LogP contribution in [0.2, 0.25) is 4.22 Å². The summed E-state index contributed by atoms with van der Waals surface area (Å²) >= 11 is 2.34.